The van der Waals surface area contributed by atoms with Gasteiger partial charge in [0.25, 0.3) is 0 Å². The number of carbonyl (C=O) groups excluding carboxylic acids is 3. The zero-order chi connectivity index (χ0) is 21.0. The normalized spacial score (nSPS) is 17.3. The Morgan fingerprint density at radius 2 is 1.66 bits per heavy atom. The first-order valence-electron chi connectivity index (χ1n) is 10.2. The minimum Gasteiger partial charge on any atom is -0.454 e. The first-order chi connectivity index (χ1) is 14.0. The van der Waals surface area contributed by atoms with E-state index in [9.17, 15) is 14.4 Å². The molecule has 0 spiro atoms. The van der Waals surface area contributed by atoms with Crippen LogP contribution >= 0.6 is 0 Å². The molecule has 0 unspecified atom stereocenters. The summed E-state index contributed by atoms with van der Waals surface area (Å²) in [5.74, 6) is -1.39. The van der Waals surface area contributed by atoms with Crippen molar-refractivity contribution in [2.45, 2.75) is 46.1 Å². The molecule has 2 aromatic carbocycles. The molecule has 1 aliphatic heterocycles. The highest BCUT2D eigenvalue weighted by atomic mass is 16.5. The summed E-state index contributed by atoms with van der Waals surface area (Å²) in [6.07, 6.45) is 0.838. The molecule has 29 heavy (non-hydrogen) atoms. The van der Waals surface area contributed by atoms with Crippen LogP contribution in [0.4, 0.5) is 5.69 Å². The fourth-order valence-electron chi connectivity index (χ4n) is 3.80. The third-order valence-corrected chi connectivity index (χ3v) is 5.41. The van der Waals surface area contributed by atoms with Crippen LogP contribution in [0.15, 0.2) is 48.5 Å². The van der Waals surface area contributed by atoms with E-state index in [1.165, 1.54) is 0 Å². The molecule has 1 saturated heterocycles. The highest BCUT2D eigenvalue weighted by Gasteiger charge is 2.38. The molecule has 0 aromatic heterocycles. The van der Waals surface area contributed by atoms with Crippen molar-refractivity contribution in [2.75, 3.05) is 11.4 Å². The molecular weight excluding hydrogens is 366 g/mol. The van der Waals surface area contributed by atoms with Crippen LogP contribution in [0.1, 0.15) is 48.7 Å². The number of amides is 1. The maximum absolute atomic E-state index is 12.7. The van der Waals surface area contributed by atoms with Crippen LogP contribution in [0.3, 0.4) is 0 Å². The van der Waals surface area contributed by atoms with E-state index in [-0.39, 0.29) is 24.7 Å². The van der Waals surface area contributed by atoms with Crippen molar-refractivity contribution in [3.8, 4) is 0 Å². The smallest absolute Gasteiger partial charge is 0.312 e. The lowest BCUT2D eigenvalue weighted by atomic mass is 10.0. The topological polar surface area (TPSA) is 63.7 Å². The van der Waals surface area contributed by atoms with Gasteiger partial charge in [-0.2, -0.15) is 0 Å². The minimum atomic E-state index is -0.886. The third-order valence-electron chi connectivity index (χ3n) is 5.41. The summed E-state index contributed by atoms with van der Waals surface area (Å²) in [5, 5.41) is 0. The molecule has 0 saturated carbocycles. The van der Waals surface area contributed by atoms with Crippen molar-refractivity contribution in [1.82, 2.24) is 0 Å². The van der Waals surface area contributed by atoms with Gasteiger partial charge in [-0.25, -0.2) is 0 Å². The minimum absolute atomic E-state index is 0.0791. The SMILES string of the molecule is CCc1cccc(CC)c1N1C[C@H](C(=O)O[C@@H](C)C(=O)c2ccccc2)CC1=O. The van der Waals surface area contributed by atoms with Gasteiger partial charge in [-0.3, -0.25) is 14.4 Å². The number of hydrogen-bond acceptors (Lipinski definition) is 4. The molecule has 0 radical (unpaired) electrons. The van der Waals surface area contributed by atoms with Crippen molar-refractivity contribution >= 4 is 23.3 Å². The second-order valence-corrected chi connectivity index (χ2v) is 7.35. The average molecular weight is 393 g/mol. The van der Waals surface area contributed by atoms with E-state index in [1.807, 2.05) is 24.3 Å². The van der Waals surface area contributed by atoms with Gasteiger partial charge in [-0.05, 0) is 30.9 Å². The second kappa shape index (κ2) is 9.03. The average Bonchev–Trinajstić information content (AvgIpc) is 3.14. The fourth-order valence-corrected chi connectivity index (χ4v) is 3.80. The molecule has 1 fully saturated rings. The van der Waals surface area contributed by atoms with E-state index < -0.39 is 18.0 Å². The highest BCUT2D eigenvalue weighted by Crippen LogP contribution is 2.33. The summed E-state index contributed by atoms with van der Waals surface area (Å²) in [6.45, 7) is 5.97. The van der Waals surface area contributed by atoms with E-state index in [1.54, 1.807) is 36.1 Å². The summed E-state index contributed by atoms with van der Waals surface area (Å²) in [5.41, 5.74) is 3.62. The van der Waals surface area contributed by atoms with Crippen LogP contribution in [0, 0.1) is 5.92 Å². The molecule has 2 aromatic rings. The van der Waals surface area contributed by atoms with Gasteiger partial charge in [0.2, 0.25) is 11.7 Å². The van der Waals surface area contributed by atoms with Gasteiger partial charge in [0.05, 0.1) is 5.92 Å². The lowest BCUT2D eigenvalue weighted by molar-refractivity contribution is -0.151. The van der Waals surface area contributed by atoms with Gasteiger partial charge < -0.3 is 9.64 Å². The Hall–Kier alpha value is -2.95. The van der Waals surface area contributed by atoms with Crippen LogP contribution in [0.25, 0.3) is 0 Å². The zero-order valence-corrected chi connectivity index (χ0v) is 17.2. The molecule has 0 bridgehead atoms. The van der Waals surface area contributed by atoms with Gasteiger partial charge in [0.1, 0.15) is 0 Å². The van der Waals surface area contributed by atoms with Gasteiger partial charge in [-0.15, -0.1) is 0 Å². The summed E-state index contributed by atoms with van der Waals surface area (Å²) < 4.78 is 5.43. The molecule has 3 rings (SSSR count). The number of benzene rings is 2. The van der Waals surface area contributed by atoms with E-state index in [0.717, 1.165) is 29.7 Å². The Bertz CT molecular complexity index is 884. The molecule has 1 amide bonds. The molecule has 5 heteroatoms. The summed E-state index contributed by atoms with van der Waals surface area (Å²) in [7, 11) is 0. The number of aryl methyl sites for hydroxylation is 2. The molecular formula is C24H27NO4. The van der Waals surface area contributed by atoms with Crippen LogP contribution in [-0.2, 0) is 27.2 Å². The standard InChI is InChI=1S/C24H27NO4/c1-4-17-12-9-13-18(5-2)22(17)25-15-20(14-21(25)26)24(28)29-16(3)23(27)19-10-7-6-8-11-19/h6-13,16,20H,4-5,14-15H2,1-3H3/t16-,20+/m0/s1. The number of nitrogens with zero attached hydrogens (tertiary/aromatic N) is 1. The number of ketones is 1. The predicted octanol–water partition coefficient (Wildman–Crippen LogP) is 3.98. The van der Waals surface area contributed by atoms with Crippen molar-refractivity contribution in [1.29, 1.82) is 0 Å². The molecule has 152 valence electrons. The first kappa shape index (κ1) is 20.8. The van der Waals surface area contributed by atoms with Crippen molar-refractivity contribution in [3.63, 3.8) is 0 Å². The quantitative estimate of drug-likeness (QED) is 0.527. The number of esters is 1. The number of Topliss-reactive ketones (excluding diaryl/α,β-unsaturated/α-hetero) is 1. The number of ether oxygens (including phenoxy) is 1. The van der Waals surface area contributed by atoms with Gasteiger partial charge in [0.15, 0.2) is 6.10 Å². The number of hydrogen-bond donors (Lipinski definition) is 0. The summed E-state index contributed by atoms with van der Waals surface area (Å²) >= 11 is 0. The lowest BCUT2D eigenvalue weighted by Crippen LogP contribution is -2.31. The molecule has 0 N–H and O–H groups in total. The zero-order valence-electron chi connectivity index (χ0n) is 17.2. The Morgan fingerprint density at radius 3 is 2.24 bits per heavy atom. The highest BCUT2D eigenvalue weighted by molar-refractivity contribution is 6.02. The van der Waals surface area contributed by atoms with Crippen LogP contribution in [0.5, 0.6) is 0 Å². The summed E-state index contributed by atoms with van der Waals surface area (Å²) in [6, 6.07) is 14.8. The van der Waals surface area contributed by atoms with Gasteiger partial charge in [-0.1, -0.05) is 62.4 Å². The van der Waals surface area contributed by atoms with E-state index in [2.05, 4.69) is 13.8 Å². The lowest BCUT2D eigenvalue weighted by Gasteiger charge is -2.23. The Kier molecular flexibility index (Phi) is 6.47. The molecule has 0 aliphatic carbocycles. The third kappa shape index (κ3) is 4.39. The predicted molar refractivity (Wildman–Crippen MR) is 112 cm³/mol. The van der Waals surface area contributed by atoms with Crippen LogP contribution < -0.4 is 4.90 Å². The van der Waals surface area contributed by atoms with E-state index >= 15 is 0 Å². The maximum atomic E-state index is 12.7. The second-order valence-electron chi connectivity index (χ2n) is 7.35. The molecule has 1 aliphatic rings. The fraction of sp³-hybridized carbons (Fsp3) is 0.375. The number of para-hydroxylation sites is 1. The van der Waals surface area contributed by atoms with Gasteiger partial charge >= 0.3 is 5.97 Å². The molecule has 2 atom stereocenters. The van der Waals surface area contributed by atoms with Crippen molar-refractivity contribution in [2.24, 2.45) is 5.92 Å². The van der Waals surface area contributed by atoms with Crippen molar-refractivity contribution in [3.05, 3.63) is 65.2 Å². The number of anilines is 1. The van der Waals surface area contributed by atoms with E-state index in [0.29, 0.717) is 5.56 Å². The van der Waals surface area contributed by atoms with Crippen LogP contribution in [0.2, 0.25) is 0 Å². The number of rotatable bonds is 7. The first-order valence-corrected chi connectivity index (χ1v) is 10.2. The Labute approximate surface area is 171 Å². The van der Waals surface area contributed by atoms with Crippen LogP contribution in [-0.4, -0.2) is 30.3 Å². The largest absolute Gasteiger partial charge is 0.454 e. The Morgan fingerprint density at radius 1 is 1.03 bits per heavy atom. The maximum Gasteiger partial charge on any atom is 0.312 e. The van der Waals surface area contributed by atoms with Gasteiger partial charge in [0, 0.05) is 24.2 Å². The van der Waals surface area contributed by atoms with Crippen molar-refractivity contribution < 1.29 is 19.1 Å². The molecule has 5 nitrogen and oxygen atoms in total. The van der Waals surface area contributed by atoms with E-state index in [4.69, 9.17) is 4.74 Å². The molecule has 1 heterocycles. The summed E-state index contributed by atoms with van der Waals surface area (Å²) in [4.78, 5) is 39.6. The number of carbonyl (C=O) groups is 3. The monoisotopic (exact) mass is 393 g/mol. The Balaban J connectivity index is 1.72.